The number of carbonyl (C=O) groups excluding carboxylic acids is 4. The minimum Gasteiger partial charge on any atom is -0.378 e. The predicted octanol–water partition coefficient (Wildman–Crippen LogP) is 1.32. The summed E-state index contributed by atoms with van der Waals surface area (Å²) in [6.07, 6.45) is 10.3. The third-order valence-electron chi connectivity index (χ3n) is 6.44. The van der Waals surface area contributed by atoms with Crippen LogP contribution in [0.1, 0.15) is 43.6 Å². The van der Waals surface area contributed by atoms with Crippen molar-refractivity contribution in [2.24, 2.45) is 5.92 Å². The highest BCUT2D eigenvalue weighted by Gasteiger charge is 2.32. The van der Waals surface area contributed by atoms with E-state index in [4.69, 9.17) is 0 Å². The topological polar surface area (TPSA) is 114 Å². The van der Waals surface area contributed by atoms with Gasteiger partial charge in [0.05, 0.1) is 13.1 Å². The number of hydrogen-bond acceptors (Lipinski definition) is 6. The Morgan fingerprint density at radius 3 is 2.47 bits per heavy atom. The molecular formula is C28H38N5O5+. The Bertz CT molecular complexity index is 1150. The number of carbonyl (C=O) groups is 4. The molecule has 0 aromatic carbocycles. The smallest absolute Gasteiger partial charge is 0.323 e. The van der Waals surface area contributed by atoms with Crippen LogP contribution in [0, 0.1) is 5.92 Å². The zero-order chi connectivity index (χ0) is 27.8. The van der Waals surface area contributed by atoms with E-state index in [0.717, 1.165) is 10.4 Å². The number of pyridine rings is 1. The van der Waals surface area contributed by atoms with Gasteiger partial charge in [-0.1, -0.05) is 26.0 Å². The van der Waals surface area contributed by atoms with Crippen LogP contribution in [0.3, 0.4) is 0 Å². The molecule has 10 nitrogen and oxygen atoms in total. The molecule has 1 aliphatic heterocycles. The van der Waals surface area contributed by atoms with Crippen molar-refractivity contribution in [1.82, 2.24) is 20.0 Å². The van der Waals surface area contributed by atoms with Gasteiger partial charge in [0.2, 0.25) is 12.1 Å². The molecule has 0 saturated carbocycles. The van der Waals surface area contributed by atoms with Gasteiger partial charge in [0.25, 0.3) is 5.91 Å². The van der Waals surface area contributed by atoms with Crippen LogP contribution in [-0.4, -0.2) is 89.7 Å². The molecule has 0 radical (unpaired) electrons. The van der Waals surface area contributed by atoms with Crippen molar-refractivity contribution in [3.63, 3.8) is 0 Å². The summed E-state index contributed by atoms with van der Waals surface area (Å²) in [6.45, 7) is 4.15. The summed E-state index contributed by atoms with van der Waals surface area (Å²) in [7, 11) is 3.87. The molecule has 1 saturated heterocycles. The van der Waals surface area contributed by atoms with E-state index in [0.29, 0.717) is 24.8 Å². The number of hydrogen-bond donors (Lipinski definition) is 2. The van der Waals surface area contributed by atoms with E-state index in [1.54, 1.807) is 18.2 Å². The lowest BCUT2D eigenvalue weighted by molar-refractivity contribution is -0.906. The Kier molecular flexibility index (Phi) is 9.81. The second kappa shape index (κ2) is 13.0. The van der Waals surface area contributed by atoms with E-state index in [1.165, 1.54) is 22.1 Å². The average molecular weight is 525 g/mol. The van der Waals surface area contributed by atoms with Crippen LogP contribution < -0.4 is 10.0 Å². The van der Waals surface area contributed by atoms with Crippen molar-refractivity contribution in [3.05, 3.63) is 65.7 Å². The normalized spacial score (nSPS) is 17.1. The first-order valence-corrected chi connectivity index (χ1v) is 12.9. The van der Waals surface area contributed by atoms with Crippen molar-refractivity contribution in [2.75, 3.05) is 40.3 Å². The van der Waals surface area contributed by atoms with E-state index >= 15 is 0 Å². The quantitative estimate of drug-likeness (QED) is 0.411. The van der Waals surface area contributed by atoms with Gasteiger partial charge in [0.15, 0.2) is 5.78 Å². The fourth-order valence-electron chi connectivity index (χ4n) is 4.49. The van der Waals surface area contributed by atoms with Crippen molar-refractivity contribution >= 4 is 23.5 Å². The summed E-state index contributed by atoms with van der Waals surface area (Å²) >= 11 is 0. The highest BCUT2D eigenvalue weighted by atomic mass is 16.5. The van der Waals surface area contributed by atoms with Crippen molar-refractivity contribution < 1.29 is 29.1 Å². The lowest BCUT2D eigenvalue weighted by Gasteiger charge is -2.32. The standard InChI is InChI=1S/C28H37N5O5/c1-20(2)17-24(29-26(35)21-9-7-10-22(13-12-21)30(3)4)27(36)31-14-8-15-32(19-23(34)18-31)28(37)25-11-5-6-16-33(25)38/h5-6,9-13,16,20,24H,7-8,14-15,17-19H2,1-4H3,(H-,29,35,37,38)/p+1. The summed E-state index contributed by atoms with van der Waals surface area (Å²) in [5.41, 5.74) is 1.54. The third kappa shape index (κ3) is 7.53. The average Bonchev–Trinajstić information content (AvgIpc) is 3.11. The summed E-state index contributed by atoms with van der Waals surface area (Å²) in [4.78, 5) is 57.2. The Balaban J connectivity index is 1.67. The number of amides is 3. The first-order chi connectivity index (χ1) is 18.1. The number of ketones is 1. The van der Waals surface area contributed by atoms with Crippen LogP contribution in [0.5, 0.6) is 0 Å². The van der Waals surface area contributed by atoms with Gasteiger partial charge in [-0.25, -0.2) is 0 Å². The number of rotatable bonds is 7. The molecule has 2 aliphatic rings. The molecular weight excluding hydrogens is 486 g/mol. The summed E-state index contributed by atoms with van der Waals surface area (Å²) in [5, 5.41) is 12.9. The Morgan fingerprint density at radius 1 is 1.08 bits per heavy atom. The first kappa shape index (κ1) is 28.6. The molecule has 2 heterocycles. The second-order valence-corrected chi connectivity index (χ2v) is 10.2. The highest BCUT2D eigenvalue weighted by molar-refractivity contribution is 6.00. The molecule has 10 heteroatoms. The van der Waals surface area contributed by atoms with E-state index in [1.807, 2.05) is 51.1 Å². The maximum absolute atomic E-state index is 13.5. The van der Waals surface area contributed by atoms with Crippen LogP contribution in [0.25, 0.3) is 0 Å². The molecule has 0 spiro atoms. The molecule has 1 aromatic heterocycles. The van der Waals surface area contributed by atoms with E-state index in [9.17, 15) is 24.4 Å². The SMILES string of the molecule is CC(C)CC(NC(=O)C1=CCC=C(N(C)C)C=C1)C(=O)N1CCCN(C(=O)c2cccc[n+]2O)CC(=O)C1. The summed E-state index contributed by atoms with van der Waals surface area (Å²) in [6, 6.07) is 3.93. The molecule has 38 heavy (non-hydrogen) atoms. The lowest BCUT2D eigenvalue weighted by atomic mass is 10.0. The van der Waals surface area contributed by atoms with Gasteiger partial charge in [-0.2, -0.15) is 0 Å². The fourth-order valence-corrected chi connectivity index (χ4v) is 4.49. The molecule has 1 fully saturated rings. The van der Waals surface area contributed by atoms with Crippen molar-refractivity contribution in [2.45, 2.75) is 39.2 Å². The van der Waals surface area contributed by atoms with E-state index in [2.05, 4.69) is 5.32 Å². The Labute approximate surface area is 223 Å². The van der Waals surface area contributed by atoms with Gasteiger partial charge >= 0.3 is 11.6 Å². The zero-order valence-electron chi connectivity index (χ0n) is 22.6. The number of aromatic nitrogens is 1. The van der Waals surface area contributed by atoms with Crippen LogP contribution in [-0.2, 0) is 14.4 Å². The lowest BCUT2D eigenvalue weighted by Crippen LogP contribution is -2.54. The Hall–Kier alpha value is -3.95. The van der Waals surface area contributed by atoms with Gasteiger partial charge in [-0.15, -0.1) is 0 Å². The Morgan fingerprint density at radius 2 is 1.79 bits per heavy atom. The molecule has 1 unspecified atom stereocenters. The number of Topliss-reactive ketones (excluding diaryl/α,β-unsaturated/α-hetero) is 1. The molecule has 1 aliphatic carbocycles. The third-order valence-corrected chi connectivity index (χ3v) is 6.44. The first-order valence-electron chi connectivity index (χ1n) is 12.9. The van der Waals surface area contributed by atoms with E-state index < -0.39 is 11.9 Å². The molecule has 0 bridgehead atoms. The molecule has 204 valence electrons. The number of nitrogens with zero attached hydrogens (tertiary/aromatic N) is 4. The number of allylic oxidation sites excluding steroid dienone is 3. The monoisotopic (exact) mass is 524 g/mol. The molecule has 3 amide bonds. The van der Waals surface area contributed by atoms with Crippen LogP contribution in [0.2, 0.25) is 0 Å². The van der Waals surface area contributed by atoms with Gasteiger partial charge in [0.1, 0.15) is 6.04 Å². The minimum absolute atomic E-state index is 0.0586. The van der Waals surface area contributed by atoms with Crippen molar-refractivity contribution in [1.29, 1.82) is 0 Å². The molecule has 3 rings (SSSR count). The van der Waals surface area contributed by atoms with Gasteiger partial charge < -0.3 is 20.0 Å². The summed E-state index contributed by atoms with van der Waals surface area (Å²) < 4.78 is 0.733. The molecule has 1 atom stereocenters. The number of likely N-dealkylation sites (N-methyl/N-ethyl adjacent to an activating group) is 1. The second-order valence-electron chi connectivity index (χ2n) is 10.2. The fraction of sp³-hybridized carbons (Fsp3) is 0.464. The minimum atomic E-state index is -0.774. The van der Waals surface area contributed by atoms with Gasteiger partial charge in [-0.3, -0.25) is 24.4 Å². The predicted molar refractivity (Wildman–Crippen MR) is 141 cm³/mol. The van der Waals surface area contributed by atoms with Gasteiger partial charge in [0, 0.05) is 55.3 Å². The van der Waals surface area contributed by atoms with Crippen LogP contribution in [0.4, 0.5) is 0 Å². The molecule has 2 N–H and O–H groups in total. The van der Waals surface area contributed by atoms with Gasteiger partial charge in [-0.05, 0) is 43.4 Å². The maximum Gasteiger partial charge on any atom is 0.323 e. The summed E-state index contributed by atoms with van der Waals surface area (Å²) in [5.74, 6) is -1.24. The van der Waals surface area contributed by atoms with Crippen LogP contribution >= 0.6 is 0 Å². The van der Waals surface area contributed by atoms with Crippen molar-refractivity contribution in [3.8, 4) is 0 Å². The van der Waals surface area contributed by atoms with E-state index in [-0.39, 0.29) is 55.4 Å². The maximum atomic E-state index is 13.5. The largest absolute Gasteiger partial charge is 0.378 e. The number of nitrogens with one attached hydrogen (secondary N) is 1. The zero-order valence-corrected chi connectivity index (χ0v) is 22.6. The van der Waals surface area contributed by atoms with Crippen LogP contribution in [0.15, 0.2) is 60.0 Å². The molecule has 1 aromatic rings. The highest BCUT2D eigenvalue weighted by Crippen LogP contribution is 2.15.